The Morgan fingerprint density at radius 3 is 1.40 bits per heavy atom. The van der Waals surface area contributed by atoms with E-state index < -0.39 is 0 Å². The summed E-state index contributed by atoms with van der Waals surface area (Å²) >= 11 is 0. The molecule has 0 N–H and O–H groups in total. The van der Waals surface area contributed by atoms with Crippen LogP contribution >= 0.6 is 0 Å². The van der Waals surface area contributed by atoms with E-state index in [1.54, 1.807) is 0 Å². The van der Waals surface area contributed by atoms with E-state index >= 15 is 0 Å². The normalized spacial score (nSPS) is 14.0. The molecule has 0 unspecified atom stereocenters. The SMILES string of the molecule is CCN=C(C)C(C)=NCC. The lowest BCUT2D eigenvalue weighted by Crippen LogP contribution is -2.06. The Balaban J connectivity index is 4.06. The lowest BCUT2D eigenvalue weighted by molar-refractivity contribution is 1.11. The van der Waals surface area contributed by atoms with Crippen molar-refractivity contribution in [2.45, 2.75) is 27.7 Å². The highest BCUT2D eigenvalue weighted by atomic mass is 14.8. The summed E-state index contributed by atoms with van der Waals surface area (Å²) in [6, 6.07) is 0. The van der Waals surface area contributed by atoms with Gasteiger partial charge in [0.05, 0.1) is 11.4 Å². The monoisotopic (exact) mass is 140 g/mol. The minimum Gasteiger partial charge on any atom is -0.288 e. The maximum atomic E-state index is 4.23. The molecule has 0 amide bonds. The second-order valence-electron chi connectivity index (χ2n) is 2.12. The average Bonchev–Trinajstić information content (AvgIpc) is 1.89. The van der Waals surface area contributed by atoms with Gasteiger partial charge < -0.3 is 0 Å². The third kappa shape index (κ3) is 3.38. The minimum atomic E-state index is 0.850. The highest BCUT2D eigenvalue weighted by Gasteiger charge is 1.92. The molecule has 0 aliphatic carbocycles. The molecule has 0 atom stereocenters. The molecule has 0 aromatic heterocycles. The fourth-order valence-corrected chi connectivity index (χ4v) is 0.703. The van der Waals surface area contributed by atoms with Gasteiger partial charge in [0.2, 0.25) is 0 Å². The van der Waals surface area contributed by atoms with E-state index in [4.69, 9.17) is 0 Å². The molecule has 0 spiro atoms. The summed E-state index contributed by atoms with van der Waals surface area (Å²) in [6.07, 6.45) is 0. The van der Waals surface area contributed by atoms with Crippen LogP contribution in [-0.2, 0) is 0 Å². The molecule has 0 rings (SSSR count). The van der Waals surface area contributed by atoms with Gasteiger partial charge in [-0.1, -0.05) is 0 Å². The smallest absolute Gasteiger partial charge is 0.0524 e. The zero-order chi connectivity index (χ0) is 7.98. The molecule has 0 aliphatic heterocycles. The number of hydrogen-bond donors (Lipinski definition) is 0. The maximum absolute atomic E-state index is 4.23. The van der Waals surface area contributed by atoms with E-state index in [9.17, 15) is 0 Å². The topological polar surface area (TPSA) is 24.7 Å². The third-order valence-corrected chi connectivity index (χ3v) is 1.31. The van der Waals surface area contributed by atoms with Crippen molar-refractivity contribution >= 4 is 11.4 Å². The molecule has 0 fully saturated rings. The first kappa shape index (κ1) is 9.34. The first-order valence-electron chi connectivity index (χ1n) is 3.74. The zero-order valence-corrected chi connectivity index (χ0v) is 7.31. The number of hydrogen-bond acceptors (Lipinski definition) is 2. The van der Waals surface area contributed by atoms with Gasteiger partial charge in [0.1, 0.15) is 0 Å². The van der Waals surface area contributed by atoms with E-state index in [2.05, 4.69) is 9.98 Å². The summed E-state index contributed by atoms with van der Waals surface area (Å²) in [5, 5.41) is 0. The Kier molecular flexibility index (Phi) is 4.81. The van der Waals surface area contributed by atoms with Gasteiger partial charge in [-0.2, -0.15) is 0 Å². The Morgan fingerprint density at radius 2 is 1.20 bits per heavy atom. The molecular formula is C8H16N2. The molecule has 2 heteroatoms. The van der Waals surface area contributed by atoms with Crippen molar-refractivity contribution in [1.29, 1.82) is 0 Å². The van der Waals surface area contributed by atoms with Crippen molar-refractivity contribution in [1.82, 2.24) is 0 Å². The lowest BCUT2D eigenvalue weighted by atomic mass is 10.3. The maximum Gasteiger partial charge on any atom is 0.0524 e. The Bertz CT molecular complexity index is 127. The van der Waals surface area contributed by atoms with Crippen LogP contribution in [0.4, 0.5) is 0 Å². The van der Waals surface area contributed by atoms with Crippen molar-refractivity contribution < 1.29 is 0 Å². The molecule has 0 aromatic rings. The number of rotatable bonds is 3. The molecule has 2 nitrogen and oxygen atoms in total. The summed E-state index contributed by atoms with van der Waals surface area (Å²) in [4.78, 5) is 8.46. The molecule has 58 valence electrons. The predicted octanol–water partition coefficient (Wildman–Crippen LogP) is 1.95. The highest BCUT2D eigenvalue weighted by Crippen LogP contribution is 1.84. The van der Waals surface area contributed by atoms with Crippen LogP contribution in [0, 0.1) is 0 Å². The Hall–Kier alpha value is -0.660. The largest absolute Gasteiger partial charge is 0.288 e. The second kappa shape index (κ2) is 5.15. The minimum absolute atomic E-state index is 0.850. The highest BCUT2D eigenvalue weighted by molar-refractivity contribution is 6.40. The van der Waals surface area contributed by atoms with Crippen molar-refractivity contribution in [3.63, 3.8) is 0 Å². The van der Waals surface area contributed by atoms with Crippen LogP contribution in [-0.4, -0.2) is 24.5 Å². The van der Waals surface area contributed by atoms with Gasteiger partial charge in [-0.25, -0.2) is 0 Å². The summed E-state index contributed by atoms with van der Waals surface area (Å²) in [7, 11) is 0. The molecule has 0 aromatic carbocycles. The fraction of sp³-hybridized carbons (Fsp3) is 0.750. The second-order valence-corrected chi connectivity index (χ2v) is 2.12. The first-order valence-corrected chi connectivity index (χ1v) is 3.74. The summed E-state index contributed by atoms with van der Waals surface area (Å²) in [5.41, 5.74) is 2.12. The number of nitrogens with zero attached hydrogens (tertiary/aromatic N) is 2. The molecule has 0 heterocycles. The van der Waals surface area contributed by atoms with Crippen LogP contribution in [0.5, 0.6) is 0 Å². The quantitative estimate of drug-likeness (QED) is 0.535. The van der Waals surface area contributed by atoms with Crippen LogP contribution < -0.4 is 0 Å². The Morgan fingerprint density at radius 1 is 0.900 bits per heavy atom. The van der Waals surface area contributed by atoms with Crippen LogP contribution in [0.1, 0.15) is 27.7 Å². The van der Waals surface area contributed by atoms with Crippen molar-refractivity contribution in [2.75, 3.05) is 13.1 Å². The zero-order valence-electron chi connectivity index (χ0n) is 7.31. The molecule has 0 radical (unpaired) electrons. The van der Waals surface area contributed by atoms with Crippen molar-refractivity contribution in [3.8, 4) is 0 Å². The molecule has 0 saturated carbocycles. The standard InChI is InChI=1S/C8H16N2/c1-5-9-7(3)8(4)10-6-2/h5-6H2,1-4H3. The van der Waals surface area contributed by atoms with E-state index in [-0.39, 0.29) is 0 Å². The summed E-state index contributed by atoms with van der Waals surface area (Å²) < 4.78 is 0. The van der Waals surface area contributed by atoms with E-state index in [1.165, 1.54) is 0 Å². The molecular weight excluding hydrogens is 124 g/mol. The molecule has 10 heavy (non-hydrogen) atoms. The van der Waals surface area contributed by atoms with Crippen molar-refractivity contribution in [2.24, 2.45) is 9.98 Å². The third-order valence-electron chi connectivity index (χ3n) is 1.31. The van der Waals surface area contributed by atoms with Gasteiger partial charge in [0.25, 0.3) is 0 Å². The van der Waals surface area contributed by atoms with Gasteiger partial charge in [-0.15, -0.1) is 0 Å². The predicted molar refractivity (Wildman–Crippen MR) is 47.3 cm³/mol. The first-order chi connectivity index (χ1) is 4.72. The van der Waals surface area contributed by atoms with Gasteiger partial charge in [-0.3, -0.25) is 9.98 Å². The summed E-state index contributed by atoms with van der Waals surface area (Å²) in [6.45, 7) is 9.76. The molecule has 0 bridgehead atoms. The van der Waals surface area contributed by atoms with Crippen molar-refractivity contribution in [3.05, 3.63) is 0 Å². The van der Waals surface area contributed by atoms with E-state index in [1.807, 2.05) is 27.7 Å². The van der Waals surface area contributed by atoms with E-state index in [0.717, 1.165) is 24.5 Å². The van der Waals surface area contributed by atoms with E-state index in [0.29, 0.717) is 0 Å². The molecule has 0 saturated heterocycles. The summed E-state index contributed by atoms with van der Waals surface area (Å²) in [5.74, 6) is 0. The van der Waals surface area contributed by atoms with Crippen LogP contribution in [0.25, 0.3) is 0 Å². The van der Waals surface area contributed by atoms with Gasteiger partial charge >= 0.3 is 0 Å². The fourth-order valence-electron chi connectivity index (χ4n) is 0.703. The van der Waals surface area contributed by atoms with Crippen LogP contribution in [0.15, 0.2) is 9.98 Å². The number of aliphatic imine (C=N–C) groups is 2. The average molecular weight is 140 g/mol. The van der Waals surface area contributed by atoms with Crippen LogP contribution in [0.3, 0.4) is 0 Å². The van der Waals surface area contributed by atoms with Gasteiger partial charge in [0.15, 0.2) is 0 Å². The molecule has 0 aliphatic rings. The van der Waals surface area contributed by atoms with Gasteiger partial charge in [-0.05, 0) is 27.7 Å². The van der Waals surface area contributed by atoms with Gasteiger partial charge in [0, 0.05) is 13.1 Å². The lowest BCUT2D eigenvalue weighted by Gasteiger charge is -1.96. The van der Waals surface area contributed by atoms with Crippen LogP contribution in [0.2, 0.25) is 0 Å². The Labute approximate surface area is 63.1 Å².